The number of anilines is 1. The Morgan fingerprint density at radius 2 is 1.96 bits per heavy atom. The molecular formula is C17H21N7S. The molecule has 1 fully saturated rings. The minimum atomic E-state index is 0.395. The molecule has 7 nitrogen and oxygen atoms in total. The lowest BCUT2D eigenvalue weighted by molar-refractivity contribution is 0.412. The Balaban J connectivity index is 1.47. The average molecular weight is 355 g/mol. The Hall–Kier alpha value is -2.48. The number of aryl methyl sites for hydroxylation is 1. The van der Waals surface area contributed by atoms with E-state index in [1.807, 2.05) is 35.9 Å². The number of rotatable bonds is 3. The van der Waals surface area contributed by atoms with Crippen molar-refractivity contribution in [1.29, 1.82) is 0 Å². The number of aromatic nitrogens is 4. The summed E-state index contributed by atoms with van der Waals surface area (Å²) in [7, 11) is 1.98. The number of hydrazine groups is 1. The van der Waals surface area contributed by atoms with Crippen LogP contribution in [-0.4, -0.2) is 30.9 Å². The monoisotopic (exact) mass is 355 g/mol. The van der Waals surface area contributed by atoms with Gasteiger partial charge in [0, 0.05) is 18.5 Å². The largest absolute Gasteiger partial charge is 0.359 e. The molecule has 4 rings (SSSR count). The van der Waals surface area contributed by atoms with Crippen LogP contribution in [0.4, 0.5) is 5.95 Å². The third-order valence-electron chi connectivity index (χ3n) is 4.73. The van der Waals surface area contributed by atoms with Gasteiger partial charge in [-0.25, -0.2) is 0 Å². The third-order valence-corrected chi connectivity index (χ3v) is 4.95. The van der Waals surface area contributed by atoms with Crippen molar-refractivity contribution in [3.8, 4) is 0 Å². The van der Waals surface area contributed by atoms with Gasteiger partial charge in [-0.15, -0.1) is 10.2 Å². The fraction of sp³-hybridized carbons (Fsp3) is 0.412. The van der Waals surface area contributed by atoms with Gasteiger partial charge in [-0.2, -0.15) is 4.98 Å². The van der Waals surface area contributed by atoms with Crippen molar-refractivity contribution in [1.82, 2.24) is 30.5 Å². The van der Waals surface area contributed by atoms with Crippen molar-refractivity contribution >= 4 is 45.3 Å². The highest BCUT2D eigenvalue weighted by atomic mass is 32.1. The van der Waals surface area contributed by atoms with Crippen molar-refractivity contribution in [2.24, 2.45) is 7.05 Å². The summed E-state index contributed by atoms with van der Waals surface area (Å²) in [6.45, 7) is 0. The molecular weight excluding hydrogens is 334 g/mol. The van der Waals surface area contributed by atoms with Crippen LogP contribution in [0.15, 0.2) is 24.3 Å². The maximum absolute atomic E-state index is 5.34. The predicted molar refractivity (Wildman–Crippen MR) is 103 cm³/mol. The second-order valence-corrected chi connectivity index (χ2v) is 6.85. The minimum absolute atomic E-state index is 0.395. The van der Waals surface area contributed by atoms with E-state index in [1.54, 1.807) is 0 Å². The fourth-order valence-electron chi connectivity index (χ4n) is 3.44. The van der Waals surface area contributed by atoms with Gasteiger partial charge in [-0.3, -0.25) is 10.9 Å². The average Bonchev–Trinajstić information content (AvgIpc) is 2.93. The molecule has 3 N–H and O–H groups in total. The molecule has 1 aromatic carbocycles. The highest BCUT2D eigenvalue weighted by Crippen LogP contribution is 2.24. The summed E-state index contributed by atoms with van der Waals surface area (Å²) < 4.78 is 2.02. The van der Waals surface area contributed by atoms with E-state index in [0.717, 1.165) is 22.1 Å². The van der Waals surface area contributed by atoms with Gasteiger partial charge in [-0.1, -0.05) is 37.5 Å². The molecule has 0 unspecified atom stereocenters. The zero-order valence-corrected chi connectivity index (χ0v) is 14.9. The molecule has 0 aliphatic heterocycles. The SMILES string of the molecule is Cn1c2ccccc2c2nnc(NNC(=S)NC3CCCCC3)nc21. The number of nitrogens with one attached hydrogen (secondary N) is 3. The Bertz CT molecular complexity index is 914. The van der Waals surface area contributed by atoms with E-state index in [-0.39, 0.29) is 0 Å². The van der Waals surface area contributed by atoms with Gasteiger partial charge in [0.2, 0.25) is 0 Å². The maximum Gasteiger partial charge on any atom is 0.263 e. The molecule has 0 saturated heterocycles. The van der Waals surface area contributed by atoms with Crippen LogP contribution in [0.2, 0.25) is 0 Å². The number of fused-ring (bicyclic) bond motifs is 3. The second kappa shape index (κ2) is 6.79. The molecule has 2 heterocycles. The number of nitrogens with zero attached hydrogens (tertiary/aromatic N) is 4. The van der Waals surface area contributed by atoms with Crippen LogP contribution in [0.1, 0.15) is 32.1 Å². The number of thiocarbonyl (C=S) groups is 1. The lowest BCUT2D eigenvalue weighted by Crippen LogP contribution is -2.45. The van der Waals surface area contributed by atoms with E-state index in [2.05, 4.69) is 31.3 Å². The van der Waals surface area contributed by atoms with Crippen LogP contribution in [0.25, 0.3) is 22.1 Å². The van der Waals surface area contributed by atoms with Crippen LogP contribution < -0.4 is 16.2 Å². The van der Waals surface area contributed by atoms with Crippen molar-refractivity contribution in [2.45, 2.75) is 38.1 Å². The molecule has 1 aliphatic carbocycles. The zero-order valence-electron chi connectivity index (χ0n) is 14.1. The van der Waals surface area contributed by atoms with Gasteiger partial charge < -0.3 is 9.88 Å². The summed E-state index contributed by atoms with van der Waals surface area (Å²) in [6, 6.07) is 8.53. The standard InChI is InChI=1S/C17H21N7S/c1-24-13-10-6-5-9-12(13)14-15(24)19-16(21-20-14)22-23-17(25)18-11-7-3-2-4-8-11/h5-6,9-11H,2-4,7-8H2,1H3,(H2,18,23,25)(H,19,21,22). The van der Waals surface area contributed by atoms with Crippen molar-refractivity contribution in [2.75, 3.05) is 5.43 Å². The number of para-hydroxylation sites is 1. The Morgan fingerprint density at radius 3 is 2.80 bits per heavy atom. The van der Waals surface area contributed by atoms with E-state index in [0.29, 0.717) is 17.1 Å². The number of hydrogen-bond acceptors (Lipinski definition) is 5. The van der Waals surface area contributed by atoms with E-state index >= 15 is 0 Å². The first-order valence-electron chi connectivity index (χ1n) is 8.63. The van der Waals surface area contributed by atoms with Crippen LogP contribution in [0.5, 0.6) is 0 Å². The fourth-order valence-corrected chi connectivity index (χ4v) is 3.66. The zero-order chi connectivity index (χ0) is 17.2. The Kier molecular flexibility index (Phi) is 4.35. The van der Waals surface area contributed by atoms with E-state index < -0.39 is 0 Å². The van der Waals surface area contributed by atoms with Gasteiger partial charge >= 0.3 is 0 Å². The van der Waals surface area contributed by atoms with Crippen LogP contribution in [0.3, 0.4) is 0 Å². The van der Waals surface area contributed by atoms with E-state index in [9.17, 15) is 0 Å². The third kappa shape index (κ3) is 3.21. The van der Waals surface area contributed by atoms with Crippen molar-refractivity contribution in [3.63, 3.8) is 0 Å². The smallest absolute Gasteiger partial charge is 0.263 e. The molecule has 2 aromatic heterocycles. The highest BCUT2D eigenvalue weighted by molar-refractivity contribution is 7.80. The highest BCUT2D eigenvalue weighted by Gasteiger charge is 2.15. The summed E-state index contributed by atoms with van der Waals surface area (Å²) in [5, 5.41) is 13.4. The molecule has 1 saturated carbocycles. The summed E-state index contributed by atoms with van der Waals surface area (Å²) in [4.78, 5) is 4.56. The minimum Gasteiger partial charge on any atom is -0.359 e. The van der Waals surface area contributed by atoms with Crippen LogP contribution in [0, 0.1) is 0 Å². The molecule has 0 bridgehead atoms. The normalized spacial score (nSPS) is 15.4. The molecule has 3 aromatic rings. The first kappa shape index (κ1) is 16.0. The van der Waals surface area contributed by atoms with Gasteiger partial charge in [0.05, 0.1) is 5.52 Å². The summed E-state index contributed by atoms with van der Waals surface area (Å²) in [6.07, 6.45) is 6.18. The summed E-state index contributed by atoms with van der Waals surface area (Å²) in [5.74, 6) is 0.395. The molecule has 0 radical (unpaired) electrons. The van der Waals surface area contributed by atoms with Gasteiger partial charge in [0.25, 0.3) is 5.95 Å². The summed E-state index contributed by atoms with van der Waals surface area (Å²) >= 11 is 5.34. The Labute approximate surface area is 151 Å². The topological polar surface area (TPSA) is 79.7 Å². The number of hydrogen-bond donors (Lipinski definition) is 3. The predicted octanol–water partition coefficient (Wildman–Crippen LogP) is 2.64. The Morgan fingerprint density at radius 1 is 1.16 bits per heavy atom. The van der Waals surface area contributed by atoms with Crippen molar-refractivity contribution < 1.29 is 0 Å². The quantitative estimate of drug-likeness (QED) is 0.492. The molecule has 1 aliphatic rings. The molecule has 8 heteroatoms. The van der Waals surface area contributed by atoms with Crippen LogP contribution in [-0.2, 0) is 7.05 Å². The van der Waals surface area contributed by atoms with Crippen molar-refractivity contribution in [3.05, 3.63) is 24.3 Å². The first-order chi connectivity index (χ1) is 12.2. The molecule has 130 valence electrons. The molecule has 0 atom stereocenters. The molecule has 25 heavy (non-hydrogen) atoms. The van der Waals surface area contributed by atoms with Gasteiger partial charge in [0.15, 0.2) is 10.8 Å². The van der Waals surface area contributed by atoms with Gasteiger partial charge in [-0.05, 0) is 31.1 Å². The van der Waals surface area contributed by atoms with E-state index in [4.69, 9.17) is 12.2 Å². The summed E-state index contributed by atoms with van der Waals surface area (Å²) in [5.41, 5.74) is 8.57. The van der Waals surface area contributed by atoms with E-state index in [1.165, 1.54) is 32.1 Å². The molecule has 0 spiro atoms. The first-order valence-corrected chi connectivity index (χ1v) is 9.03. The lowest BCUT2D eigenvalue weighted by Gasteiger charge is -2.24. The van der Waals surface area contributed by atoms with Gasteiger partial charge in [0.1, 0.15) is 5.52 Å². The number of benzene rings is 1. The lowest BCUT2D eigenvalue weighted by atomic mass is 9.96. The molecule has 0 amide bonds. The maximum atomic E-state index is 5.34. The van der Waals surface area contributed by atoms with Crippen LogP contribution >= 0.6 is 12.2 Å². The second-order valence-electron chi connectivity index (χ2n) is 6.44.